The number of hydrogen-bond acceptors (Lipinski definition) is 0. The summed E-state index contributed by atoms with van der Waals surface area (Å²) in [6.45, 7) is 14.0. The minimum absolute atomic E-state index is 0.0590. The summed E-state index contributed by atoms with van der Waals surface area (Å²) >= 11 is 0. The van der Waals surface area contributed by atoms with Crippen LogP contribution < -0.4 is 0 Å². The van der Waals surface area contributed by atoms with E-state index in [1.54, 1.807) is 0 Å². The maximum absolute atomic E-state index is 2.41. The van der Waals surface area contributed by atoms with Crippen molar-refractivity contribution in [1.82, 2.24) is 0 Å². The van der Waals surface area contributed by atoms with Crippen molar-refractivity contribution < 1.29 is 0 Å². The van der Waals surface area contributed by atoms with Gasteiger partial charge in [-0.2, -0.15) is 0 Å². The van der Waals surface area contributed by atoms with Crippen molar-refractivity contribution in [2.75, 3.05) is 0 Å². The van der Waals surface area contributed by atoms with E-state index in [-0.39, 0.29) is 10.8 Å². The molecule has 0 atom stereocenters. The van der Waals surface area contributed by atoms with Gasteiger partial charge in [0.15, 0.2) is 0 Å². The smallest absolute Gasteiger partial charge is 0.00203 e. The summed E-state index contributed by atoms with van der Waals surface area (Å²) in [7, 11) is 0. The summed E-state index contributed by atoms with van der Waals surface area (Å²) in [5, 5.41) is 24.1. The van der Waals surface area contributed by atoms with Crippen LogP contribution in [0.5, 0.6) is 0 Å². The van der Waals surface area contributed by atoms with Crippen LogP contribution in [0, 0.1) is 0 Å². The number of hydrogen-bond donors (Lipinski definition) is 0. The highest BCUT2D eigenvalue weighted by atomic mass is 14.3. The molecule has 0 heterocycles. The molecule has 0 fully saturated rings. The van der Waals surface area contributed by atoms with Crippen molar-refractivity contribution in [2.24, 2.45) is 0 Å². The predicted octanol–water partition coefficient (Wildman–Crippen LogP) is 16.3. The molecule has 0 aromatic heterocycles. The molecule has 0 saturated carbocycles. The lowest BCUT2D eigenvalue weighted by molar-refractivity contribution is 0.596. The molecule has 0 aliphatic rings. The Morgan fingerprint density at radius 1 is 0.214 bits per heavy atom. The molecule has 0 unspecified atom stereocenters. The number of benzene rings is 12. The van der Waals surface area contributed by atoms with Crippen LogP contribution in [0.1, 0.15) is 52.7 Å². The molecular formula is C56H42. The van der Waals surface area contributed by atoms with E-state index < -0.39 is 0 Å². The van der Waals surface area contributed by atoms with Crippen LogP contribution in [0.15, 0.2) is 146 Å². The van der Waals surface area contributed by atoms with Crippen LogP contribution in [0.4, 0.5) is 0 Å². The highest BCUT2D eigenvalue weighted by Gasteiger charge is 2.23. The molecule has 12 aromatic carbocycles. The highest BCUT2D eigenvalue weighted by Crippen LogP contribution is 2.48. The summed E-state index contributed by atoms with van der Waals surface area (Å²) in [4.78, 5) is 0. The second kappa shape index (κ2) is 10.7. The standard InChI is InChI=1S/C56H42/c1-55(2,3)47-29-17-35-13-23-41-37(21-11-33-15-25-45(47)53(35)51(33)41)39-19-9-31-7-8-32-10-20-40(44-28-27-43(39)49(31)50(32)44)38-22-12-34-16-26-46-48(56(4,5)6)30-18-36-14-24-42(38)52(34)54(36)46/h7-30H,1-6H3. The van der Waals surface area contributed by atoms with E-state index in [0.717, 1.165) is 0 Å². The first-order valence-corrected chi connectivity index (χ1v) is 20.2. The van der Waals surface area contributed by atoms with E-state index in [1.807, 2.05) is 0 Å². The van der Waals surface area contributed by atoms with Crippen molar-refractivity contribution in [3.63, 3.8) is 0 Å². The molecule has 0 saturated heterocycles. The fraction of sp³-hybridized carbons (Fsp3) is 0.143. The van der Waals surface area contributed by atoms with Crippen LogP contribution in [0.3, 0.4) is 0 Å². The zero-order valence-electron chi connectivity index (χ0n) is 32.9. The summed E-state index contributed by atoms with van der Waals surface area (Å²) in [5.41, 5.74) is 8.12. The van der Waals surface area contributed by atoms with Gasteiger partial charge < -0.3 is 0 Å². The van der Waals surface area contributed by atoms with Crippen molar-refractivity contribution in [3.05, 3.63) is 157 Å². The average Bonchev–Trinajstić information content (AvgIpc) is 3.20. The fourth-order valence-electron chi connectivity index (χ4n) is 10.7. The summed E-state index contributed by atoms with van der Waals surface area (Å²) in [6.07, 6.45) is 0. The van der Waals surface area contributed by atoms with Crippen LogP contribution in [0.2, 0.25) is 0 Å². The molecule has 266 valence electrons. The van der Waals surface area contributed by atoms with E-state index in [0.29, 0.717) is 0 Å². The zero-order valence-corrected chi connectivity index (χ0v) is 32.9. The first-order valence-electron chi connectivity index (χ1n) is 20.2. The van der Waals surface area contributed by atoms with Gasteiger partial charge in [-0.15, -0.1) is 0 Å². The highest BCUT2D eigenvalue weighted by molar-refractivity contribution is 6.32. The van der Waals surface area contributed by atoms with Gasteiger partial charge in [0.05, 0.1) is 0 Å². The van der Waals surface area contributed by atoms with Gasteiger partial charge >= 0.3 is 0 Å². The lowest BCUT2D eigenvalue weighted by atomic mass is 9.80. The topological polar surface area (TPSA) is 0 Å². The van der Waals surface area contributed by atoms with Gasteiger partial charge in [-0.3, -0.25) is 0 Å². The summed E-state index contributed by atoms with van der Waals surface area (Å²) in [5.74, 6) is 0. The predicted molar refractivity (Wildman–Crippen MR) is 246 cm³/mol. The van der Waals surface area contributed by atoms with Crippen LogP contribution in [0.25, 0.3) is 119 Å². The molecule has 12 aromatic rings. The van der Waals surface area contributed by atoms with Gasteiger partial charge in [-0.25, -0.2) is 0 Å². The van der Waals surface area contributed by atoms with E-state index in [4.69, 9.17) is 0 Å². The van der Waals surface area contributed by atoms with E-state index in [2.05, 4.69) is 187 Å². The van der Waals surface area contributed by atoms with Gasteiger partial charge in [-0.05, 0) is 141 Å². The third kappa shape index (κ3) is 4.20. The Balaban J connectivity index is 1.12. The van der Waals surface area contributed by atoms with Gasteiger partial charge in [0.2, 0.25) is 0 Å². The van der Waals surface area contributed by atoms with Crippen molar-refractivity contribution in [2.45, 2.75) is 52.4 Å². The lowest BCUT2D eigenvalue weighted by Gasteiger charge is -2.24. The summed E-state index contributed by atoms with van der Waals surface area (Å²) in [6, 6.07) is 56.4. The molecule has 0 nitrogen and oxygen atoms in total. The number of rotatable bonds is 2. The second-order valence-corrected chi connectivity index (χ2v) is 18.4. The molecule has 0 N–H and O–H groups in total. The molecule has 0 spiro atoms. The molecule has 56 heavy (non-hydrogen) atoms. The second-order valence-electron chi connectivity index (χ2n) is 18.4. The molecule has 0 radical (unpaired) electrons. The normalized spacial score (nSPS) is 13.2. The van der Waals surface area contributed by atoms with Gasteiger partial charge in [0, 0.05) is 0 Å². The van der Waals surface area contributed by atoms with Crippen LogP contribution in [-0.2, 0) is 10.8 Å². The van der Waals surface area contributed by atoms with Crippen molar-refractivity contribution in [3.8, 4) is 22.3 Å². The van der Waals surface area contributed by atoms with Crippen LogP contribution >= 0.6 is 0 Å². The Kier molecular flexibility index (Phi) is 6.15. The molecule has 0 bridgehead atoms. The van der Waals surface area contributed by atoms with Gasteiger partial charge in [0.1, 0.15) is 0 Å². The van der Waals surface area contributed by atoms with Gasteiger partial charge in [-0.1, -0.05) is 187 Å². The minimum Gasteiger partial charge on any atom is -0.0573 e. The Morgan fingerprint density at radius 3 is 0.696 bits per heavy atom. The maximum atomic E-state index is 2.41. The molecule has 0 aliphatic heterocycles. The molecule has 0 amide bonds. The van der Waals surface area contributed by atoms with Crippen molar-refractivity contribution in [1.29, 1.82) is 0 Å². The van der Waals surface area contributed by atoms with E-state index >= 15 is 0 Å². The van der Waals surface area contributed by atoms with E-state index in [9.17, 15) is 0 Å². The fourth-order valence-corrected chi connectivity index (χ4v) is 10.7. The first-order chi connectivity index (χ1) is 27.0. The quantitative estimate of drug-likeness (QED) is 0.156. The van der Waals surface area contributed by atoms with Crippen molar-refractivity contribution >= 4 is 97.0 Å². The monoisotopic (exact) mass is 714 g/mol. The average molecular weight is 715 g/mol. The first kappa shape index (κ1) is 32.0. The largest absolute Gasteiger partial charge is 0.0573 e. The maximum Gasteiger partial charge on any atom is -0.00203 e. The summed E-state index contributed by atoms with van der Waals surface area (Å²) < 4.78 is 0. The lowest BCUT2D eigenvalue weighted by Crippen LogP contribution is -2.11. The SMILES string of the molecule is CC(C)(C)c1ccc2ccc3c(-c4ccc5ccc6ccc(-c7ccc8ccc9c(C(C)(C)C)ccc%10ccc7c8c%109)c7ccc4c5c67)ccc4ccc1c2c43. The molecule has 12 rings (SSSR count). The molecule has 0 aliphatic carbocycles. The Morgan fingerprint density at radius 2 is 0.411 bits per heavy atom. The third-order valence-electron chi connectivity index (χ3n) is 13.2. The van der Waals surface area contributed by atoms with E-state index in [1.165, 1.54) is 130 Å². The van der Waals surface area contributed by atoms with Gasteiger partial charge in [0.25, 0.3) is 0 Å². The minimum atomic E-state index is 0.0590. The molecular weight excluding hydrogens is 673 g/mol. The Hall–Kier alpha value is -6.24. The zero-order chi connectivity index (χ0) is 37.8. The molecule has 0 heteroatoms. The Labute approximate surface area is 327 Å². The Bertz CT molecular complexity index is 3340. The third-order valence-corrected chi connectivity index (χ3v) is 13.2. The van der Waals surface area contributed by atoms with Crippen LogP contribution in [-0.4, -0.2) is 0 Å².